The first kappa shape index (κ1) is 20.5. The first-order chi connectivity index (χ1) is 13.7. The fourth-order valence-corrected chi connectivity index (χ4v) is 4.11. The number of halogens is 1. The zero-order valence-electron chi connectivity index (χ0n) is 16.4. The molecule has 1 unspecified atom stereocenters. The van der Waals surface area contributed by atoms with Crippen molar-refractivity contribution in [2.75, 3.05) is 6.54 Å². The van der Waals surface area contributed by atoms with Crippen LogP contribution in [0.5, 0.6) is 0 Å². The Labute approximate surface area is 174 Å². The van der Waals surface area contributed by atoms with E-state index in [1.54, 1.807) is 10.7 Å². The van der Waals surface area contributed by atoms with Gasteiger partial charge in [-0.25, -0.2) is 0 Å². The van der Waals surface area contributed by atoms with E-state index in [0.29, 0.717) is 18.9 Å². The highest BCUT2D eigenvalue weighted by Gasteiger charge is 2.22. The van der Waals surface area contributed by atoms with Gasteiger partial charge in [-0.3, -0.25) is 5.01 Å². The molecule has 1 aromatic carbocycles. The van der Waals surface area contributed by atoms with Crippen LogP contribution in [-0.2, 0) is 13.0 Å². The van der Waals surface area contributed by atoms with Gasteiger partial charge in [-0.1, -0.05) is 55.1 Å². The minimum atomic E-state index is 0.605. The van der Waals surface area contributed by atoms with Crippen LogP contribution in [0, 0.1) is 17.2 Å². The largest absolute Gasteiger partial charge is 0.295 e. The molecule has 0 amide bonds. The maximum Gasteiger partial charge on any atom is 0.0621 e. The van der Waals surface area contributed by atoms with E-state index in [4.69, 9.17) is 17.0 Å². The van der Waals surface area contributed by atoms with Crippen LogP contribution < -0.4 is 0 Å². The van der Waals surface area contributed by atoms with E-state index in [-0.39, 0.29) is 0 Å². The Bertz CT molecular complexity index is 798. The SMILES string of the molecule is C=CN(CC1=C2C=CCCC2CC=C1)N(Cl)Cc1ccc(CCCC#N)cc1. The maximum atomic E-state index is 8.65. The quantitative estimate of drug-likeness (QED) is 0.289. The lowest BCUT2D eigenvalue weighted by molar-refractivity contribution is 0.130. The molecule has 146 valence electrons. The molecule has 0 saturated carbocycles. The smallest absolute Gasteiger partial charge is 0.0621 e. The number of nitriles is 1. The molecule has 0 aliphatic heterocycles. The molecule has 0 saturated heterocycles. The number of rotatable bonds is 9. The second-order valence-corrected chi connectivity index (χ2v) is 7.79. The van der Waals surface area contributed by atoms with Crippen molar-refractivity contribution in [1.82, 2.24) is 9.54 Å². The summed E-state index contributed by atoms with van der Waals surface area (Å²) in [5.41, 5.74) is 5.19. The molecule has 2 aliphatic rings. The van der Waals surface area contributed by atoms with Crippen LogP contribution in [0.25, 0.3) is 0 Å². The number of benzene rings is 1. The van der Waals surface area contributed by atoms with Crippen molar-refractivity contribution >= 4 is 11.8 Å². The predicted molar refractivity (Wildman–Crippen MR) is 116 cm³/mol. The van der Waals surface area contributed by atoms with Gasteiger partial charge in [-0.15, -0.1) is 4.53 Å². The summed E-state index contributed by atoms with van der Waals surface area (Å²) in [5.74, 6) is 0.647. The minimum Gasteiger partial charge on any atom is -0.295 e. The van der Waals surface area contributed by atoms with Crippen LogP contribution >= 0.6 is 11.8 Å². The monoisotopic (exact) mass is 393 g/mol. The zero-order valence-corrected chi connectivity index (χ0v) is 17.1. The number of allylic oxidation sites excluding steroid dienone is 4. The summed E-state index contributed by atoms with van der Waals surface area (Å²) in [6.07, 6.45) is 16.9. The lowest BCUT2D eigenvalue weighted by Gasteiger charge is -2.32. The van der Waals surface area contributed by atoms with E-state index >= 15 is 0 Å². The highest BCUT2D eigenvalue weighted by molar-refractivity contribution is 6.13. The van der Waals surface area contributed by atoms with Gasteiger partial charge in [0, 0.05) is 24.4 Å². The molecule has 4 heteroatoms. The molecule has 0 radical (unpaired) electrons. The van der Waals surface area contributed by atoms with E-state index in [1.165, 1.54) is 29.6 Å². The molecule has 1 atom stereocenters. The third-order valence-corrected chi connectivity index (χ3v) is 5.76. The first-order valence-corrected chi connectivity index (χ1v) is 10.4. The maximum absolute atomic E-state index is 8.65. The Balaban J connectivity index is 1.61. The summed E-state index contributed by atoms with van der Waals surface area (Å²) in [7, 11) is 0. The Kier molecular flexibility index (Phi) is 7.54. The Hall–Kier alpha value is -2.28. The first-order valence-electron chi connectivity index (χ1n) is 10.0. The number of fused-ring (bicyclic) bond motifs is 1. The van der Waals surface area contributed by atoms with Crippen LogP contribution in [0.3, 0.4) is 0 Å². The molecule has 3 nitrogen and oxygen atoms in total. The van der Waals surface area contributed by atoms with Crippen molar-refractivity contribution in [2.24, 2.45) is 5.92 Å². The molecular formula is C24H28ClN3. The summed E-state index contributed by atoms with van der Waals surface area (Å²) in [5, 5.41) is 10.6. The van der Waals surface area contributed by atoms with Crippen LogP contribution in [0.1, 0.15) is 43.2 Å². The summed E-state index contributed by atoms with van der Waals surface area (Å²) < 4.78 is 1.70. The molecule has 3 rings (SSSR count). The second-order valence-electron chi connectivity index (χ2n) is 7.40. The van der Waals surface area contributed by atoms with Gasteiger partial charge in [0.1, 0.15) is 0 Å². The van der Waals surface area contributed by atoms with Gasteiger partial charge >= 0.3 is 0 Å². The molecule has 1 aromatic rings. The fourth-order valence-electron chi connectivity index (χ4n) is 3.86. The standard InChI is InChI=1S/C24H28ClN3/c1-2-27(19-23-11-7-10-22-9-3-4-12-24(22)23)28(25)18-21-15-13-20(14-16-21)8-5-6-17-26/h2,4,7,11-16,22H,1,3,5-6,8-10,18-19H2. The number of unbranched alkanes of at least 4 members (excludes halogenated alkanes) is 1. The Morgan fingerprint density at radius 3 is 2.68 bits per heavy atom. The lowest BCUT2D eigenvalue weighted by Crippen LogP contribution is -2.33. The van der Waals surface area contributed by atoms with Crippen LogP contribution in [0.4, 0.5) is 0 Å². The average Bonchev–Trinajstić information content (AvgIpc) is 2.73. The van der Waals surface area contributed by atoms with Gasteiger partial charge < -0.3 is 0 Å². The van der Waals surface area contributed by atoms with E-state index < -0.39 is 0 Å². The van der Waals surface area contributed by atoms with Gasteiger partial charge in [0.2, 0.25) is 0 Å². The van der Waals surface area contributed by atoms with Gasteiger partial charge in [-0.05, 0) is 60.3 Å². The van der Waals surface area contributed by atoms with Crippen molar-refractivity contribution in [3.63, 3.8) is 0 Å². The highest BCUT2D eigenvalue weighted by Crippen LogP contribution is 2.34. The van der Waals surface area contributed by atoms with Gasteiger partial charge in [-0.2, -0.15) is 5.26 Å². The number of aryl methyl sites for hydroxylation is 1. The van der Waals surface area contributed by atoms with E-state index in [0.717, 1.165) is 31.4 Å². The summed E-state index contributed by atoms with van der Waals surface area (Å²) in [4.78, 5) is 0. The van der Waals surface area contributed by atoms with Crippen LogP contribution in [-0.4, -0.2) is 16.1 Å². The van der Waals surface area contributed by atoms with Crippen molar-refractivity contribution in [1.29, 1.82) is 5.26 Å². The third-order valence-electron chi connectivity index (χ3n) is 5.44. The minimum absolute atomic E-state index is 0.605. The van der Waals surface area contributed by atoms with Crippen molar-refractivity contribution in [2.45, 2.75) is 45.1 Å². The normalized spacial score (nSPS) is 18.1. The van der Waals surface area contributed by atoms with Crippen LogP contribution in [0.15, 0.2) is 72.5 Å². The zero-order chi connectivity index (χ0) is 19.8. The molecule has 28 heavy (non-hydrogen) atoms. The van der Waals surface area contributed by atoms with Crippen LogP contribution in [0.2, 0.25) is 0 Å². The summed E-state index contributed by atoms with van der Waals surface area (Å²) in [6, 6.07) is 10.7. The molecular weight excluding hydrogens is 366 g/mol. The molecule has 2 aliphatic carbocycles. The Morgan fingerprint density at radius 2 is 1.93 bits per heavy atom. The van der Waals surface area contributed by atoms with Crippen molar-refractivity contribution < 1.29 is 0 Å². The van der Waals surface area contributed by atoms with Gasteiger partial charge in [0.15, 0.2) is 0 Å². The summed E-state index contributed by atoms with van der Waals surface area (Å²) >= 11 is 6.61. The number of nitrogens with zero attached hydrogens (tertiary/aromatic N) is 3. The molecule has 0 fully saturated rings. The predicted octanol–water partition coefficient (Wildman–Crippen LogP) is 6.07. The van der Waals surface area contributed by atoms with Crippen molar-refractivity contribution in [3.05, 3.63) is 83.6 Å². The van der Waals surface area contributed by atoms with E-state index in [9.17, 15) is 0 Å². The fraction of sp³-hybridized carbons (Fsp3) is 0.375. The highest BCUT2D eigenvalue weighted by atomic mass is 35.5. The number of hydrazine groups is 1. The third kappa shape index (κ3) is 5.38. The summed E-state index contributed by atoms with van der Waals surface area (Å²) in [6.45, 7) is 5.29. The molecule has 0 aromatic heterocycles. The average molecular weight is 394 g/mol. The Morgan fingerprint density at radius 1 is 1.14 bits per heavy atom. The van der Waals surface area contributed by atoms with E-state index in [2.05, 4.69) is 61.2 Å². The molecule has 0 bridgehead atoms. The number of hydrogen-bond acceptors (Lipinski definition) is 3. The van der Waals surface area contributed by atoms with E-state index in [1.807, 2.05) is 5.01 Å². The topological polar surface area (TPSA) is 30.3 Å². The van der Waals surface area contributed by atoms with Gasteiger partial charge in [0.05, 0.1) is 19.2 Å². The van der Waals surface area contributed by atoms with Crippen molar-refractivity contribution in [3.8, 4) is 6.07 Å². The molecule has 0 spiro atoms. The lowest BCUT2D eigenvalue weighted by atomic mass is 9.80. The molecule has 0 heterocycles. The molecule has 0 N–H and O–H groups in total. The second kappa shape index (κ2) is 10.3. The number of hydrogen-bond donors (Lipinski definition) is 0. The van der Waals surface area contributed by atoms with Gasteiger partial charge in [0.25, 0.3) is 0 Å².